The molecule has 2 aromatic heterocycles. The van der Waals surface area contributed by atoms with Crippen LogP contribution in [0, 0.1) is 5.82 Å². The van der Waals surface area contributed by atoms with Crippen molar-refractivity contribution in [1.29, 1.82) is 0 Å². The number of nitrogens with one attached hydrogen (secondary N) is 1. The number of hydrogen-bond donors (Lipinski definition) is 1. The third-order valence-electron chi connectivity index (χ3n) is 4.28. The van der Waals surface area contributed by atoms with Gasteiger partial charge >= 0.3 is 0 Å². The van der Waals surface area contributed by atoms with E-state index in [1.54, 1.807) is 24.4 Å². The third kappa shape index (κ3) is 2.65. The van der Waals surface area contributed by atoms with Gasteiger partial charge in [0.15, 0.2) is 0 Å². The molecule has 1 N–H and O–H groups in total. The Balaban J connectivity index is 1.80. The number of anilines is 1. The van der Waals surface area contributed by atoms with Gasteiger partial charge < -0.3 is 10.2 Å². The molecule has 1 aromatic carbocycles. The summed E-state index contributed by atoms with van der Waals surface area (Å²) < 4.78 is 15.5. The monoisotopic (exact) mass is 324 g/mol. The molecule has 3 heterocycles. The van der Waals surface area contributed by atoms with Crippen LogP contribution in [0.25, 0.3) is 16.9 Å². The standard InChI is InChI=1S/C18H17FN4O/c19-15-4-2-1-3-14(15)16-11-18(24)23-12-13(5-6-17(23)21-16)22-9-7-20-8-10-22/h1-6,11-12,20H,7-10H2. The van der Waals surface area contributed by atoms with Crippen molar-refractivity contribution >= 4 is 11.3 Å². The second kappa shape index (κ2) is 6.05. The number of hydrogen-bond acceptors (Lipinski definition) is 4. The number of fused-ring (bicyclic) bond motifs is 1. The minimum Gasteiger partial charge on any atom is -0.368 e. The van der Waals surface area contributed by atoms with Crippen LogP contribution in [0.2, 0.25) is 0 Å². The maximum absolute atomic E-state index is 14.0. The van der Waals surface area contributed by atoms with Crippen LogP contribution in [0.15, 0.2) is 53.5 Å². The van der Waals surface area contributed by atoms with Crippen LogP contribution in [0.1, 0.15) is 0 Å². The van der Waals surface area contributed by atoms with E-state index in [9.17, 15) is 9.18 Å². The van der Waals surface area contributed by atoms with Crippen molar-refractivity contribution in [1.82, 2.24) is 14.7 Å². The lowest BCUT2D eigenvalue weighted by Gasteiger charge is -2.29. The molecule has 1 aliphatic heterocycles. The van der Waals surface area contributed by atoms with Gasteiger partial charge in [-0.2, -0.15) is 0 Å². The summed E-state index contributed by atoms with van der Waals surface area (Å²) in [6.07, 6.45) is 1.81. The topological polar surface area (TPSA) is 49.6 Å². The normalized spacial score (nSPS) is 15.0. The number of piperazine rings is 1. The van der Waals surface area contributed by atoms with E-state index < -0.39 is 0 Å². The molecule has 0 saturated carbocycles. The Bertz CT molecular complexity index is 947. The smallest absolute Gasteiger partial charge is 0.258 e. The summed E-state index contributed by atoms with van der Waals surface area (Å²) in [6.45, 7) is 3.66. The second-order valence-electron chi connectivity index (χ2n) is 5.81. The first kappa shape index (κ1) is 14.8. The van der Waals surface area contributed by atoms with Crippen molar-refractivity contribution in [3.8, 4) is 11.3 Å². The van der Waals surface area contributed by atoms with E-state index in [1.165, 1.54) is 16.5 Å². The van der Waals surface area contributed by atoms with Gasteiger partial charge in [-0.1, -0.05) is 12.1 Å². The van der Waals surface area contributed by atoms with Gasteiger partial charge in [-0.25, -0.2) is 9.37 Å². The highest BCUT2D eigenvalue weighted by molar-refractivity contribution is 5.63. The van der Waals surface area contributed by atoms with Crippen LogP contribution in [0.5, 0.6) is 0 Å². The van der Waals surface area contributed by atoms with Crippen molar-refractivity contribution in [2.75, 3.05) is 31.1 Å². The van der Waals surface area contributed by atoms with Gasteiger partial charge in [0, 0.05) is 44.0 Å². The highest BCUT2D eigenvalue weighted by atomic mass is 19.1. The summed E-state index contributed by atoms with van der Waals surface area (Å²) in [7, 11) is 0. The molecule has 1 saturated heterocycles. The maximum Gasteiger partial charge on any atom is 0.258 e. The first-order valence-corrected chi connectivity index (χ1v) is 7.96. The molecular formula is C18H17FN4O. The lowest BCUT2D eigenvalue weighted by Crippen LogP contribution is -2.43. The molecule has 24 heavy (non-hydrogen) atoms. The third-order valence-corrected chi connectivity index (χ3v) is 4.28. The van der Waals surface area contributed by atoms with Crippen molar-refractivity contribution in [3.05, 3.63) is 64.8 Å². The summed E-state index contributed by atoms with van der Waals surface area (Å²) in [5, 5.41) is 3.31. The number of nitrogens with zero attached hydrogens (tertiary/aromatic N) is 3. The first-order chi connectivity index (χ1) is 11.7. The molecule has 0 aliphatic carbocycles. The van der Waals surface area contributed by atoms with E-state index in [4.69, 9.17) is 0 Å². The molecular weight excluding hydrogens is 307 g/mol. The van der Waals surface area contributed by atoms with Crippen LogP contribution >= 0.6 is 0 Å². The summed E-state index contributed by atoms with van der Waals surface area (Å²) in [5.41, 5.74) is 1.98. The molecule has 0 amide bonds. The van der Waals surface area contributed by atoms with E-state index >= 15 is 0 Å². The summed E-state index contributed by atoms with van der Waals surface area (Å²) in [6, 6.07) is 11.5. The van der Waals surface area contributed by atoms with E-state index in [1.807, 2.05) is 12.1 Å². The van der Waals surface area contributed by atoms with Gasteiger partial charge in [-0.05, 0) is 24.3 Å². The molecule has 122 valence electrons. The van der Waals surface area contributed by atoms with Gasteiger partial charge in [0.2, 0.25) is 0 Å². The van der Waals surface area contributed by atoms with Crippen LogP contribution in [0.4, 0.5) is 10.1 Å². The zero-order valence-electron chi connectivity index (χ0n) is 13.1. The second-order valence-corrected chi connectivity index (χ2v) is 5.81. The minimum absolute atomic E-state index is 0.213. The van der Waals surface area contributed by atoms with Gasteiger partial charge in [0.05, 0.1) is 11.4 Å². The fourth-order valence-electron chi connectivity index (χ4n) is 3.01. The Kier molecular flexibility index (Phi) is 3.74. The molecule has 1 fully saturated rings. The zero-order valence-corrected chi connectivity index (χ0v) is 13.1. The van der Waals surface area contributed by atoms with Crippen molar-refractivity contribution < 1.29 is 4.39 Å². The van der Waals surface area contributed by atoms with Crippen LogP contribution in [-0.2, 0) is 0 Å². The Morgan fingerprint density at radius 1 is 1.08 bits per heavy atom. The SMILES string of the molecule is O=c1cc(-c2ccccc2F)nc2ccc(N3CCNCC3)cn12. The fraction of sp³-hybridized carbons (Fsp3) is 0.222. The molecule has 1 aliphatic rings. The van der Waals surface area contributed by atoms with Crippen molar-refractivity contribution in [2.24, 2.45) is 0 Å². The number of halogens is 1. The van der Waals surface area contributed by atoms with Gasteiger partial charge in [0.1, 0.15) is 11.5 Å². The molecule has 0 spiro atoms. The highest BCUT2D eigenvalue weighted by Crippen LogP contribution is 2.21. The predicted molar refractivity (Wildman–Crippen MR) is 91.9 cm³/mol. The Morgan fingerprint density at radius 3 is 2.67 bits per heavy atom. The molecule has 5 nitrogen and oxygen atoms in total. The molecule has 4 rings (SSSR count). The van der Waals surface area contributed by atoms with Crippen molar-refractivity contribution in [3.63, 3.8) is 0 Å². The number of aromatic nitrogens is 2. The van der Waals surface area contributed by atoms with Crippen LogP contribution < -0.4 is 15.8 Å². The van der Waals surface area contributed by atoms with E-state index in [2.05, 4.69) is 15.2 Å². The molecule has 6 heteroatoms. The van der Waals surface area contributed by atoms with E-state index in [0.717, 1.165) is 31.9 Å². The van der Waals surface area contributed by atoms with Gasteiger partial charge in [0.25, 0.3) is 5.56 Å². The lowest BCUT2D eigenvalue weighted by molar-refractivity contribution is 0.588. The molecule has 0 unspecified atom stereocenters. The average molecular weight is 324 g/mol. The summed E-state index contributed by atoms with van der Waals surface area (Å²) in [4.78, 5) is 19.2. The molecule has 3 aromatic rings. The van der Waals surface area contributed by atoms with E-state index in [0.29, 0.717) is 16.9 Å². The molecule has 0 bridgehead atoms. The largest absolute Gasteiger partial charge is 0.368 e. The fourth-order valence-corrected chi connectivity index (χ4v) is 3.01. The summed E-state index contributed by atoms with van der Waals surface area (Å²) >= 11 is 0. The summed E-state index contributed by atoms with van der Waals surface area (Å²) in [5.74, 6) is -0.383. The minimum atomic E-state index is -0.383. The Labute approximate surface area is 138 Å². The number of rotatable bonds is 2. The van der Waals surface area contributed by atoms with E-state index in [-0.39, 0.29) is 11.4 Å². The van der Waals surface area contributed by atoms with Gasteiger partial charge in [-0.3, -0.25) is 9.20 Å². The van der Waals surface area contributed by atoms with Crippen molar-refractivity contribution in [2.45, 2.75) is 0 Å². The molecule has 0 atom stereocenters. The number of benzene rings is 1. The quantitative estimate of drug-likeness (QED) is 0.782. The highest BCUT2D eigenvalue weighted by Gasteiger charge is 2.13. The molecule has 0 radical (unpaired) electrons. The maximum atomic E-state index is 14.0. The van der Waals surface area contributed by atoms with Crippen LogP contribution in [-0.4, -0.2) is 35.6 Å². The zero-order chi connectivity index (χ0) is 16.5. The first-order valence-electron chi connectivity index (χ1n) is 7.96. The average Bonchev–Trinajstić information content (AvgIpc) is 2.62. The predicted octanol–water partition coefficient (Wildman–Crippen LogP) is 1.91. The Hall–Kier alpha value is -2.73. The lowest BCUT2D eigenvalue weighted by atomic mass is 10.1. The number of pyridine rings is 1. The van der Waals surface area contributed by atoms with Gasteiger partial charge in [-0.15, -0.1) is 0 Å². The van der Waals surface area contributed by atoms with Crippen LogP contribution in [0.3, 0.4) is 0 Å². The Morgan fingerprint density at radius 2 is 1.88 bits per heavy atom.